The maximum atomic E-state index is 12.8. The van der Waals surface area contributed by atoms with Crippen molar-refractivity contribution in [3.05, 3.63) is 30.2 Å². The Morgan fingerprint density at radius 2 is 1.82 bits per heavy atom. The van der Waals surface area contributed by atoms with Gasteiger partial charge in [0.25, 0.3) is 5.91 Å². The quantitative estimate of drug-likeness (QED) is 0.216. The number of rotatable bonds is 15. The Bertz CT molecular complexity index is 1270. The molecule has 12 heteroatoms. The average Bonchev–Trinajstić information content (AvgIpc) is 3.52. The summed E-state index contributed by atoms with van der Waals surface area (Å²) in [4.78, 5) is 31.4. The second kappa shape index (κ2) is 13.5. The van der Waals surface area contributed by atoms with Crippen LogP contribution >= 0.6 is 0 Å². The van der Waals surface area contributed by atoms with Crippen LogP contribution in [0.25, 0.3) is 11.0 Å². The number of carbonyl (C=O) groups excluding carboxylic acids is 1. The lowest BCUT2D eigenvalue weighted by Crippen LogP contribution is -2.53. The van der Waals surface area contributed by atoms with Gasteiger partial charge in [-0.15, -0.1) is 0 Å². The minimum Gasteiger partial charge on any atom is -0.492 e. The van der Waals surface area contributed by atoms with E-state index in [0.29, 0.717) is 55.3 Å². The van der Waals surface area contributed by atoms with E-state index in [0.717, 1.165) is 17.8 Å². The molecule has 0 saturated heterocycles. The standard InChI is InChI=1S/C28H42N6O6/c1-7-10-11-18(25(35)26(36)30-21-14-15-29-32-21)34(27(37)38)17-28(4,5)16-22-31-23-19(39-8-2)12-13-20(40-9-3)24(23)33(22)6/h12-15,18,25,35H,7-11,16-17H2,1-6H3,(H,37,38)(H2,29,30,32,36)/t18-,25-/m0/s1. The van der Waals surface area contributed by atoms with Gasteiger partial charge in [-0.25, -0.2) is 9.78 Å². The molecular formula is C28H42N6O6. The van der Waals surface area contributed by atoms with Gasteiger partial charge in [-0.2, -0.15) is 5.10 Å². The molecule has 12 nitrogen and oxygen atoms in total. The second-order valence-corrected chi connectivity index (χ2v) is 10.6. The molecule has 0 unspecified atom stereocenters. The van der Waals surface area contributed by atoms with Crippen LogP contribution in [-0.4, -0.2) is 78.8 Å². The maximum Gasteiger partial charge on any atom is 0.407 e. The van der Waals surface area contributed by atoms with Crippen molar-refractivity contribution in [3.8, 4) is 11.5 Å². The van der Waals surface area contributed by atoms with Crippen molar-refractivity contribution in [2.24, 2.45) is 12.5 Å². The van der Waals surface area contributed by atoms with Gasteiger partial charge in [-0.05, 0) is 37.8 Å². The maximum absolute atomic E-state index is 12.8. The van der Waals surface area contributed by atoms with E-state index >= 15 is 0 Å². The number of nitrogens with one attached hydrogen (secondary N) is 2. The molecular weight excluding hydrogens is 516 g/mol. The number of hydrogen-bond acceptors (Lipinski definition) is 7. The number of anilines is 1. The van der Waals surface area contributed by atoms with Gasteiger partial charge in [-0.3, -0.25) is 9.89 Å². The summed E-state index contributed by atoms with van der Waals surface area (Å²) in [6.45, 7) is 10.8. The lowest BCUT2D eigenvalue weighted by Gasteiger charge is -2.37. The van der Waals surface area contributed by atoms with E-state index in [2.05, 4.69) is 15.5 Å². The third-order valence-electron chi connectivity index (χ3n) is 6.77. The van der Waals surface area contributed by atoms with Crippen LogP contribution in [0.3, 0.4) is 0 Å². The first-order chi connectivity index (χ1) is 19.0. The molecule has 3 aromatic rings. The molecule has 0 aliphatic carbocycles. The van der Waals surface area contributed by atoms with Gasteiger partial charge < -0.3 is 34.5 Å². The van der Waals surface area contributed by atoms with Gasteiger partial charge in [0.15, 0.2) is 6.10 Å². The molecule has 0 aliphatic heterocycles. The van der Waals surface area contributed by atoms with Crippen LogP contribution < -0.4 is 14.8 Å². The van der Waals surface area contributed by atoms with Crippen LogP contribution in [0.5, 0.6) is 11.5 Å². The third kappa shape index (κ3) is 7.23. The SMILES string of the molecule is CCCC[C@@H]([C@H](O)C(=O)Nc1ccn[nH]1)N(CC(C)(C)Cc1nc2c(OCC)ccc(OCC)c2n1C)C(=O)O. The van der Waals surface area contributed by atoms with Crippen molar-refractivity contribution >= 4 is 28.9 Å². The zero-order valence-corrected chi connectivity index (χ0v) is 24.2. The highest BCUT2D eigenvalue weighted by molar-refractivity contribution is 5.94. The number of ether oxygens (including phenoxy) is 2. The fraction of sp³-hybridized carbons (Fsp3) is 0.571. The molecule has 220 valence electrons. The van der Waals surface area contributed by atoms with E-state index in [-0.39, 0.29) is 6.54 Å². The first kappa shape index (κ1) is 30.7. The molecule has 0 fully saturated rings. The van der Waals surface area contributed by atoms with Crippen molar-refractivity contribution in [3.63, 3.8) is 0 Å². The number of aryl methyl sites for hydroxylation is 1. The predicted octanol–water partition coefficient (Wildman–Crippen LogP) is 4.20. The smallest absolute Gasteiger partial charge is 0.407 e. The van der Waals surface area contributed by atoms with E-state index in [1.54, 1.807) is 6.07 Å². The summed E-state index contributed by atoms with van der Waals surface area (Å²) in [6.07, 6.45) is 0.887. The summed E-state index contributed by atoms with van der Waals surface area (Å²) in [7, 11) is 1.90. The zero-order valence-electron chi connectivity index (χ0n) is 24.2. The van der Waals surface area contributed by atoms with Crippen molar-refractivity contribution in [1.82, 2.24) is 24.6 Å². The van der Waals surface area contributed by atoms with Crippen LogP contribution in [0.15, 0.2) is 24.4 Å². The zero-order chi connectivity index (χ0) is 29.4. The van der Waals surface area contributed by atoms with Gasteiger partial charge in [0, 0.05) is 26.1 Å². The number of H-pyrrole nitrogens is 1. The highest BCUT2D eigenvalue weighted by Crippen LogP contribution is 2.35. The fourth-order valence-electron chi connectivity index (χ4n) is 4.89. The van der Waals surface area contributed by atoms with Gasteiger partial charge in [0.2, 0.25) is 0 Å². The highest BCUT2D eigenvalue weighted by Gasteiger charge is 2.37. The molecule has 1 aromatic carbocycles. The van der Waals surface area contributed by atoms with Crippen molar-refractivity contribution in [2.75, 3.05) is 25.1 Å². The monoisotopic (exact) mass is 558 g/mol. The Morgan fingerprint density at radius 1 is 1.15 bits per heavy atom. The first-order valence-electron chi connectivity index (χ1n) is 13.7. The van der Waals surface area contributed by atoms with Crippen molar-refractivity contribution in [2.45, 2.75) is 72.4 Å². The van der Waals surface area contributed by atoms with Crippen LogP contribution in [0.2, 0.25) is 0 Å². The minimum absolute atomic E-state index is 0.0744. The molecule has 4 N–H and O–H groups in total. The largest absolute Gasteiger partial charge is 0.492 e. The fourth-order valence-corrected chi connectivity index (χ4v) is 4.89. The lowest BCUT2D eigenvalue weighted by molar-refractivity contribution is -0.127. The summed E-state index contributed by atoms with van der Waals surface area (Å²) >= 11 is 0. The Hall–Kier alpha value is -3.80. The predicted molar refractivity (Wildman–Crippen MR) is 152 cm³/mol. The number of carboxylic acid groups (broad SMARTS) is 1. The van der Waals surface area contributed by atoms with Crippen molar-refractivity contribution in [1.29, 1.82) is 0 Å². The van der Waals surface area contributed by atoms with Crippen LogP contribution in [0, 0.1) is 5.41 Å². The van der Waals surface area contributed by atoms with Gasteiger partial charge in [0.05, 0.1) is 25.5 Å². The molecule has 0 radical (unpaired) electrons. The van der Waals surface area contributed by atoms with E-state index in [1.165, 1.54) is 11.1 Å². The summed E-state index contributed by atoms with van der Waals surface area (Å²) in [5, 5.41) is 30.2. The number of carbonyl (C=O) groups is 2. The van der Waals surface area contributed by atoms with Gasteiger partial charge >= 0.3 is 6.09 Å². The Balaban J connectivity index is 1.90. The number of imidazole rings is 1. The van der Waals surface area contributed by atoms with Crippen molar-refractivity contribution < 1.29 is 29.3 Å². The van der Waals surface area contributed by atoms with E-state index < -0.39 is 29.6 Å². The lowest BCUT2D eigenvalue weighted by atomic mass is 9.87. The van der Waals surface area contributed by atoms with Crippen LogP contribution in [0.1, 0.15) is 59.7 Å². The molecule has 40 heavy (non-hydrogen) atoms. The van der Waals surface area contributed by atoms with E-state index in [1.807, 2.05) is 58.4 Å². The number of aromatic amines is 1. The van der Waals surface area contributed by atoms with Crippen LogP contribution in [0.4, 0.5) is 10.6 Å². The molecule has 2 atom stereocenters. The van der Waals surface area contributed by atoms with E-state index in [9.17, 15) is 19.8 Å². The topological polar surface area (TPSA) is 155 Å². The number of aromatic nitrogens is 4. The van der Waals surface area contributed by atoms with Gasteiger partial charge in [0.1, 0.15) is 34.2 Å². The number of benzene rings is 1. The van der Waals surface area contributed by atoms with Gasteiger partial charge in [-0.1, -0.05) is 33.6 Å². The summed E-state index contributed by atoms with van der Waals surface area (Å²) in [5.74, 6) is 1.70. The normalized spacial score (nSPS) is 13.2. The Labute approximate surface area is 234 Å². The molecule has 2 heterocycles. The first-order valence-corrected chi connectivity index (χ1v) is 13.7. The molecule has 0 bridgehead atoms. The second-order valence-electron chi connectivity index (χ2n) is 10.6. The summed E-state index contributed by atoms with van der Waals surface area (Å²) < 4.78 is 13.6. The molecule has 0 saturated carbocycles. The Kier molecular flexibility index (Phi) is 10.4. The van der Waals surface area contributed by atoms with E-state index in [4.69, 9.17) is 14.5 Å². The highest BCUT2D eigenvalue weighted by atomic mass is 16.5. The molecule has 0 aliphatic rings. The average molecular weight is 559 g/mol. The molecule has 2 amide bonds. The number of fused-ring (bicyclic) bond motifs is 1. The number of amides is 2. The van der Waals surface area contributed by atoms with Crippen LogP contribution in [-0.2, 0) is 18.3 Å². The number of aliphatic hydroxyl groups is 1. The molecule has 3 rings (SSSR count). The number of unbranched alkanes of at least 4 members (excludes halogenated alkanes) is 1. The minimum atomic E-state index is -1.57. The Morgan fingerprint density at radius 3 is 2.42 bits per heavy atom. The summed E-state index contributed by atoms with van der Waals surface area (Å²) in [5.41, 5.74) is 0.887. The summed E-state index contributed by atoms with van der Waals surface area (Å²) in [6, 6.07) is 4.33. The molecule has 2 aromatic heterocycles. The number of nitrogens with zero attached hydrogens (tertiary/aromatic N) is 4. The third-order valence-corrected chi connectivity index (χ3v) is 6.77. The number of hydrogen-bond donors (Lipinski definition) is 4. The number of aliphatic hydroxyl groups excluding tert-OH is 1. The molecule has 0 spiro atoms.